The molecule has 1 N–H and O–H groups in total. The minimum Gasteiger partial charge on any atom is -0.345 e. The maximum Gasteiger partial charge on any atom is 0.253 e. The molecule has 1 heterocycles. The molecular formula is C27H29N3O2. The van der Waals surface area contributed by atoms with E-state index in [0.717, 1.165) is 29.7 Å². The van der Waals surface area contributed by atoms with Gasteiger partial charge in [0.25, 0.3) is 5.91 Å². The van der Waals surface area contributed by atoms with Crippen molar-refractivity contribution < 1.29 is 4.79 Å². The Morgan fingerprint density at radius 3 is 2.75 bits per heavy atom. The van der Waals surface area contributed by atoms with Crippen LogP contribution in [-0.2, 0) is 12.0 Å². The van der Waals surface area contributed by atoms with Crippen LogP contribution in [0.4, 0.5) is 0 Å². The number of H-pyrrole nitrogens is 1. The van der Waals surface area contributed by atoms with Crippen LogP contribution in [-0.4, -0.2) is 36.1 Å². The van der Waals surface area contributed by atoms with Crippen LogP contribution in [0.15, 0.2) is 75.6 Å². The zero-order valence-corrected chi connectivity index (χ0v) is 19.1. The largest absolute Gasteiger partial charge is 0.345 e. The second kappa shape index (κ2) is 8.58. The van der Waals surface area contributed by atoms with Gasteiger partial charge in [-0.05, 0) is 49.6 Å². The first-order valence-corrected chi connectivity index (χ1v) is 10.9. The van der Waals surface area contributed by atoms with Crippen LogP contribution in [0.5, 0.6) is 0 Å². The number of aromatic amines is 1. The Balaban J connectivity index is 1.74. The molecule has 5 heteroatoms. The quantitative estimate of drug-likeness (QED) is 0.576. The molecule has 4 rings (SSSR count). The molecule has 32 heavy (non-hydrogen) atoms. The molecule has 1 amide bonds. The summed E-state index contributed by atoms with van der Waals surface area (Å²) >= 11 is 0. The third-order valence-corrected chi connectivity index (χ3v) is 6.33. The highest BCUT2D eigenvalue weighted by Crippen LogP contribution is 2.51. The Morgan fingerprint density at radius 1 is 1.22 bits per heavy atom. The fourth-order valence-electron chi connectivity index (χ4n) is 5.05. The van der Waals surface area contributed by atoms with E-state index in [1.165, 1.54) is 11.1 Å². The van der Waals surface area contributed by atoms with Crippen molar-refractivity contribution in [3.8, 4) is 0 Å². The molecule has 0 radical (unpaired) electrons. The molecule has 0 spiro atoms. The number of aromatic nitrogens is 1. The number of carbonyl (C=O) groups excluding carboxylic acids is 1. The number of nitrogens with zero attached hydrogens (tertiary/aromatic N) is 2. The van der Waals surface area contributed by atoms with E-state index in [1.54, 1.807) is 25.1 Å². The standard InChI is InChI=1S/C27H29N3O2/c1-5-22-20-15-18(2)17-27(22,23-12-13-25(31)29-24(23)16-20)28-14-8-10-19-9-6-7-11-21(19)26(32)30(3)4/h5-15,20H,16-17H2,1-4H3,(H,29,31)/b10-8+,22-5+,28-14+/t20-,27+/m0/s1. The maximum atomic E-state index is 12.5. The number of aliphatic imine (C=N–C) groups is 1. The second-order valence-corrected chi connectivity index (χ2v) is 8.74. The van der Waals surface area contributed by atoms with Gasteiger partial charge in [-0.3, -0.25) is 14.6 Å². The predicted molar refractivity (Wildman–Crippen MR) is 130 cm³/mol. The number of fused-ring (bicyclic) bond motifs is 4. The van der Waals surface area contributed by atoms with Crippen molar-refractivity contribution in [2.75, 3.05) is 14.1 Å². The highest BCUT2D eigenvalue weighted by molar-refractivity contribution is 5.98. The first-order chi connectivity index (χ1) is 15.4. The van der Waals surface area contributed by atoms with Gasteiger partial charge in [0.15, 0.2) is 0 Å². The number of amides is 1. The minimum atomic E-state index is -0.515. The van der Waals surface area contributed by atoms with Gasteiger partial charge < -0.3 is 9.88 Å². The Hall–Kier alpha value is -3.47. The van der Waals surface area contributed by atoms with E-state index in [2.05, 4.69) is 31.0 Å². The lowest BCUT2D eigenvalue weighted by Crippen LogP contribution is -2.40. The van der Waals surface area contributed by atoms with Crippen molar-refractivity contribution >= 4 is 18.2 Å². The van der Waals surface area contributed by atoms with Crippen LogP contribution < -0.4 is 5.56 Å². The number of rotatable bonds is 4. The SMILES string of the molecule is C/C=C1\[C@H]2C=C(C)C[C@]1(/N=C/C=C/c1ccccc1C(=O)N(C)C)c1ccc(=O)[nH]c1C2. The van der Waals surface area contributed by atoms with E-state index in [1.807, 2.05) is 48.7 Å². The summed E-state index contributed by atoms with van der Waals surface area (Å²) in [5.41, 5.74) is 5.54. The zero-order valence-electron chi connectivity index (χ0n) is 19.1. The molecule has 0 fully saturated rings. The van der Waals surface area contributed by atoms with Gasteiger partial charge >= 0.3 is 0 Å². The van der Waals surface area contributed by atoms with Crippen molar-refractivity contribution in [2.45, 2.75) is 32.2 Å². The summed E-state index contributed by atoms with van der Waals surface area (Å²) in [5.74, 6) is 0.205. The number of benzene rings is 1. The third-order valence-electron chi connectivity index (χ3n) is 6.33. The molecule has 0 unspecified atom stereocenters. The first-order valence-electron chi connectivity index (χ1n) is 10.9. The molecule has 2 aliphatic carbocycles. The van der Waals surface area contributed by atoms with E-state index in [4.69, 9.17) is 4.99 Å². The van der Waals surface area contributed by atoms with Crippen molar-refractivity contribution in [1.82, 2.24) is 9.88 Å². The first kappa shape index (κ1) is 21.8. The van der Waals surface area contributed by atoms with Gasteiger partial charge in [0, 0.05) is 55.5 Å². The van der Waals surface area contributed by atoms with Crippen LogP contribution >= 0.6 is 0 Å². The normalized spacial score (nSPS) is 23.4. The Kier molecular flexibility index (Phi) is 5.83. The fraction of sp³-hybridized carbons (Fsp3) is 0.296. The lowest BCUT2D eigenvalue weighted by molar-refractivity contribution is 0.0827. The molecule has 2 bridgehead atoms. The van der Waals surface area contributed by atoms with Crippen LogP contribution in [0.3, 0.4) is 0 Å². The predicted octanol–water partition coefficient (Wildman–Crippen LogP) is 4.52. The van der Waals surface area contributed by atoms with Gasteiger partial charge in [0.2, 0.25) is 5.56 Å². The summed E-state index contributed by atoms with van der Waals surface area (Å²) in [6.45, 7) is 4.22. The van der Waals surface area contributed by atoms with Gasteiger partial charge in [-0.1, -0.05) is 42.0 Å². The molecule has 164 valence electrons. The van der Waals surface area contributed by atoms with E-state index >= 15 is 0 Å². The summed E-state index contributed by atoms with van der Waals surface area (Å²) < 4.78 is 0. The van der Waals surface area contributed by atoms with Gasteiger partial charge in [0.1, 0.15) is 5.54 Å². The monoisotopic (exact) mass is 427 g/mol. The minimum absolute atomic E-state index is 0.0296. The van der Waals surface area contributed by atoms with Crippen molar-refractivity contribution in [1.29, 1.82) is 0 Å². The Bertz CT molecular complexity index is 1230. The van der Waals surface area contributed by atoms with Gasteiger partial charge in [0.05, 0.1) is 0 Å². The average Bonchev–Trinajstić information content (AvgIpc) is 2.75. The maximum absolute atomic E-state index is 12.5. The third kappa shape index (κ3) is 3.79. The summed E-state index contributed by atoms with van der Waals surface area (Å²) in [5, 5.41) is 0. The molecule has 2 atom stereocenters. The van der Waals surface area contributed by atoms with E-state index in [0.29, 0.717) is 5.56 Å². The smallest absolute Gasteiger partial charge is 0.253 e. The number of nitrogens with one attached hydrogen (secondary N) is 1. The highest BCUT2D eigenvalue weighted by atomic mass is 16.2. The number of allylic oxidation sites excluding steroid dienone is 3. The van der Waals surface area contributed by atoms with Crippen LogP contribution in [0.1, 0.15) is 47.4 Å². The lowest BCUT2D eigenvalue weighted by Gasteiger charge is -2.45. The molecule has 0 saturated carbocycles. The number of hydrogen-bond donors (Lipinski definition) is 1. The molecule has 2 aromatic rings. The van der Waals surface area contributed by atoms with E-state index in [9.17, 15) is 9.59 Å². The lowest BCUT2D eigenvalue weighted by atomic mass is 9.63. The summed E-state index contributed by atoms with van der Waals surface area (Å²) in [6, 6.07) is 11.1. The van der Waals surface area contributed by atoms with Crippen molar-refractivity contribution in [2.24, 2.45) is 10.9 Å². The van der Waals surface area contributed by atoms with E-state index < -0.39 is 5.54 Å². The summed E-state index contributed by atoms with van der Waals surface area (Å²) in [6.07, 6.45) is 11.7. The highest BCUT2D eigenvalue weighted by Gasteiger charge is 2.46. The molecule has 1 aromatic heterocycles. The fourth-order valence-corrected chi connectivity index (χ4v) is 5.05. The van der Waals surface area contributed by atoms with Crippen LogP contribution in [0.2, 0.25) is 0 Å². The number of carbonyl (C=O) groups is 1. The van der Waals surface area contributed by atoms with E-state index in [-0.39, 0.29) is 17.4 Å². The number of hydrogen-bond acceptors (Lipinski definition) is 3. The molecular weight excluding hydrogens is 398 g/mol. The van der Waals surface area contributed by atoms with Crippen molar-refractivity contribution in [3.63, 3.8) is 0 Å². The molecule has 5 nitrogen and oxygen atoms in total. The topological polar surface area (TPSA) is 65.5 Å². The molecule has 1 aromatic carbocycles. The number of pyridine rings is 1. The second-order valence-electron chi connectivity index (χ2n) is 8.74. The summed E-state index contributed by atoms with van der Waals surface area (Å²) in [4.78, 5) is 34.2. The Labute approximate surface area is 188 Å². The summed E-state index contributed by atoms with van der Waals surface area (Å²) in [7, 11) is 3.50. The van der Waals surface area contributed by atoms with Gasteiger partial charge in [-0.2, -0.15) is 0 Å². The van der Waals surface area contributed by atoms with Crippen LogP contribution in [0, 0.1) is 5.92 Å². The zero-order chi connectivity index (χ0) is 22.9. The van der Waals surface area contributed by atoms with Crippen molar-refractivity contribution in [3.05, 3.63) is 98.5 Å². The van der Waals surface area contributed by atoms with Gasteiger partial charge in [-0.15, -0.1) is 0 Å². The molecule has 2 aliphatic rings. The Morgan fingerprint density at radius 2 is 2.00 bits per heavy atom. The van der Waals surface area contributed by atoms with Crippen LogP contribution in [0.25, 0.3) is 6.08 Å². The molecule has 0 aliphatic heterocycles. The average molecular weight is 428 g/mol. The van der Waals surface area contributed by atoms with Gasteiger partial charge in [-0.25, -0.2) is 0 Å². The molecule has 0 saturated heterocycles.